The Kier molecular flexibility index (Phi) is 8.19. The van der Waals surface area contributed by atoms with E-state index in [1.54, 1.807) is 0 Å². The molecule has 0 atom stereocenters. The van der Waals surface area contributed by atoms with Crippen LogP contribution in [0.4, 0.5) is 17.1 Å². The quantitative estimate of drug-likeness (QED) is 0.158. The Morgan fingerprint density at radius 1 is 0.310 bits per heavy atom. The lowest BCUT2D eigenvalue weighted by Gasteiger charge is -2.29. The third-order valence-electron chi connectivity index (χ3n) is 11.6. The number of rotatable bonds is 7. The Labute approximate surface area is 338 Å². The van der Waals surface area contributed by atoms with Crippen LogP contribution in [0.15, 0.2) is 231 Å². The summed E-state index contributed by atoms with van der Waals surface area (Å²) in [6.07, 6.45) is 0. The normalized spacial score (nSPS) is 11.4. The Hall–Kier alpha value is -7.68. The van der Waals surface area contributed by atoms with Crippen molar-refractivity contribution in [1.29, 1.82) is 0 Å². The summed E-state index contributed by atoms with van der Waals surface area (Å²) in [6.45, 7) is 0. The summed E-state index contributed by atoms with van der Waals surface area (Å²) >= 11 is 0. The maximum atomic E-state index is 2.45. The van der Waals surface area contributed by atoms with Crippen LogP contribution >= 0.6 is 0 Å². The van der Waals surface area contributed by atoms with Crippen LogP contribution in [0.25, 0.3) is 82.4 Å². The van der Waals surface area contributed by atoms with E-state index in [0.29, 0.717) is 0 Å². The van der Waals surface area contributed by atoms with Crippen LogP contribution in [-0.2, 0) is 0 Å². The molecule has 1 heterocycles. The number of benzene rings is 10. The predicted molar refractivity (Wildman–Crippen MR) is 247 cm³/mol. The van der Waals surface area contributed by atoms with Crippen LogP contribution in [-0.4, -0.2) is 4.57 Å². The van der Waals surface area contributed by atoms with E-state index in [0.717, 1.165) is 22.6 Å². The topological polar surface area (TPSA) is 8.17 Å². The van der Waals surface area contributed by atoms with Crippen LogP contribution in [0.5, 0.6) is 0 Å². The summed E-state index contributed by atoms with van der Waals surface area (Å²) in [7, 11) is 0. The fourth-order valence-electron chi connectivity index (χ4n) is 8.95. The Morgan fingerprint density at radius 2 is 0.879 bits per heavy atom. The molecule has 0 amide bonds. The summed E-state index contributed by atoms with van der Waals surface area (Å²) in [5.41, 5.74) is 14.0. The zero-order valence-corrected chi connectivity index (χ0v) is 31.8. The molecule has 0 N–H and O–H groups in total. The molecule has 0 aliphatic heterocycles. The zero-order valence-electron chi connectivity index (χ0n) is 31.8. The molecule has 58 heavy (non-hydrogen) atoms. The van der Waals surface area contributed by atoms with Crippen molar-refractivity contribution in [2.24, 2.45) is 0 Å². The molecule has 0 saturated carbocycles. The summed E-state index contributed by atoms with van der Waals surface area (Å²) in [5, 5.41) is 7.43. The monoisotopic (exact) mass is 738 g/mol. The van der Waals surface area contributed by atoms with Crippen LogP contribution in [0.3, 0.4) is 0 Å². The Morgan fingerprint density at radius 3 is 1.72 bits per heavy atom. The number of fused-ring (bicyclic) bond motifs is 5. The summed E-state index contributed by atoms with van der Waals surface area (Å²) in [5.74, 6) is 0. The molecule has 0 fully saturated rings. The van der Waals surface area contributed by atoms with Crippen molar-refractivity contribution >= 4 is 60.4 Å². The van der Waals surface area contributed by atoms with Gasteiger partial charge in [-0.15, -0.1) is 0 Å². The molecule has 272 valence electrons. The highest BCUT2D eigenvalue weighted by atomic mass is 15.1. The van der Waals surface area contributed by atoms with E-state index in [2.05, 4.69) is 240 Å². The van der Waals surface area contributed by atoms with E-state index in [4.69, 9.17) is 0 Å². The van der Waals surface area contributed by atoms with Crippen molar-refractivity contribution in [2.45, 2.75) is 0 Å². The van der Waals surface area contributed by atoms with E-state index in [1.165, 1.54) is 76.9 Å². The Balaban J connectivity index is 1.13. The van der Waals surface area contributed by atoms with Crippen LogP contribution in [0.1, 0.15) is 0 Å². The minimum absolute atomic E-state index is 1.09. The van der Waals surface area contributed by atoms with Crippen molar-refractivity contribution in [3.05, 3.63) is 231 Å². The van der Waals surface area contributed by atoms with Crippen molar-refractivity contribution < 1.29 is 0 Å². The van der Waals surface area contributed by atoms with Crippen LogP contribution < -0.4 is 4.90 Å². The Bertz CT molecular complexity index is 3270. The van der Waals surface area contributed by atoms with E-state index >= 15 is 0 Å². The van der Waals surface area contributed by atoms with Gasteiger partial charge in [-0.25, -0.2) is 0 Å². The standard InChI is InChI=1S/C56H38N2/c1-2-16-39(17-3-1)43-22-12-23-45(38-43)57(44-36-34-42(35-37-44)47-28-13-20-40-18-4-6-24-46(40)47)53-30-10-8-26-49(53)50-29-15-33-55-56(50)51-27-9-11-31-54(51)58(55)52-32-14-21-41-19-5-7-25-48(41)52/h1-38H. The number of nitrogens with zero attached hydrogens (tertiary/aromatic N) is 2. The first-order chi connectivity index (χ1) is 28.8. The second kappa shape index (κ2) is 14.1. The highest BCUT2D eigenvalue weighted by Crippen LogP contribution is 2.46. The average molecular weight is 739 g/mol. The minimum Gasteiger partial charge on any atom is -0.310 e. The largest absolute Gasteiger partial charge is 0.310 e. The van der Waals surface area contributed by atoms with Crippen molar-refractivity contribution in [3.8, 4) is 39.1 Å². The molecule has 1 aromatic heterocycles. The molecule has 0 radical (unpaired) electrons. The number of anilines is 3. The molecular weight excluding hydrogens is 701 g/mol. The summed E-state index contributed by atoms with van der Waals surface area (Å²) in [4.78, 5) is 2.43. The van der Waals surface area contributed by atoms with Gasteiger partial charge in [-0.3, -0.25) is 0 Å². The fraction of sp³-hybridized carbons (Fsp3) is 0. The molecule has 0 aliphatic carbocycles. The average Bonchev–Trinajstić information content (AvgIpc) is 3.64. The van der Waals surface area contributed by atoms with Gasteiger partial charge in [-0.2, -0.15) is 0 Å². The highest BCUT2D eigenvalue weighted by molar-refractivity contribution is 6.17. The minimum atomic E-state index is 1.09. The second-order valence-electron chi connectivity index (χ2n) is 14.9. The first kappa shape index (κ1) is 33.6. The van der Waals surface area contributed by atoms with Gasteiger partial charge in [-0.1, -0.05) is 182 Å². The van der Waals surface area contributed by atoms with E-state index in [9.17, 15) is 0 Å². The lowest BCUT2D eigenvalue weighted by molar-refractivity contribution is 1.20. The highest BCUT2D eigenvalue weighted by Gasteiger charge is 2.22. The summed E-state index contributed by atoms with van der Waals surface area (Å²) < 4.78 is 2.45. The molecule has 0 unspecified atom stereocenters. The molecular formula is C56H38N2. The summed E-state index contributed by atoms with van der Waals surface area (Å²) in [6, 6.07) is 83.7. The van der Waals surface area contributed by atoms with Crippen LogP contribution in [0, 0.1) is 0 Å². The number of aromatic nitrogens is 1. The van der Waals surface area contributed by atoms with Gasteiger partial charge in [0.05, 0.1) is 22.4 Å². The SMILES string of the molecule is c1ccc(-c2cccc(N(c3ccc(-c4cccc5ccccc45)cc3)c3ccccc3-c3cccc4c3c3ccccc3n4-c3cccc4ccccc34)c2)cc1. The molecule has 2 heteroatoms. The number of hydrogen-bond donors (Lipinski definition) is 0. The maximum absolute atomic E-state index is 2.45. The third kappa shape index (κ3) is 5.66. The molecule has 0 bridgehead atoms. The second-order valence-corrected chi connectivity index (χ2v) is 14.9. The molecule has 0 saturated heterocycles. The molecule has 11 aromatic rings. The molecule has 11 rings (SSSR count). The van der Waals surface area contributed by atoms with Gasteiger partial charge >= 0.3 is 0 Å². The lowest BCUT2D eigenvalue weighted by atomic mass is 9.96. The van der Waals surface area contributed by atoms with E-state index in [-0.39, 0.29) is 0 Å². The third-order valence-corrected chi connectivity index (χ3v) is 11.6. The van der Waals surface area contributed by atoms with Gasteiger partial charge in [0, 0.05) is 33.1 Å². The molecule has 10 aromatic carbocycles. The maximum Gasteiger partial charge on any atom is 0.0547 e. The van der Waals surface area contributed by atoms with E-state index in [1.807, 2.05) is 0 Å². The predicted octanol–water partition coefficient (Wildman–Crippen LogP) is 15.6. The van der Waals surface area contributed by atoms with Crippen molar-refractivity contribution in [3.63, 3.8) is 0 Å². The smallest absolute Gasteiger partial charge is 0.0547 e. The van der Waals surface area contributed by atoms with Gasteiger partial charge in [-0.05, 0) is 92.5 Å². The lowest BCUT2D eigenvalue weighted by Crippen LogP contribution is -2.11. The van der Waals surface area contributed by atoms with Crippen molar-refractivity contribution in [2.75, 3.05) is 4.90 Å². The van der Waals surface area contributed by atoms with Gasteiger partial charge < -0.3 is 9.47 Å². The van der Waals surface area contributed by atoms with Crippen LogP contribution in [0.2, 0.25) is 0 Å². The molecule has 0 spiro atoms. The first-order valence-electron chi connectivity index (χ1n) is 19.9. The van der Waals surface area contributed by atoms with Gasteiger partial charge in [0.15, 0.2) is 0 Å². The first-order valence-corrected chi connectivity index (χ1v) is 19.9. The van der Waals surface area contributed by atoms with Crippen molar-refractivity contribution in [1.82, 2.24) is 4.57 Å². The van der Waals surface area contributed by atoms with Gasteiger partial charge in [0.1, 0.15) is 0 Å². The molecule has 2 nitrogen and oxygen atoms in total. The molecule has 0 aliphatic rings. The zero-order chi connectivity index (χ0) is 38.4. The van der Waals surface area contributed by atoms with Gasteiger partial charge in [0.2, 0.25) is 0 Å². The number of para-hydroxylation sites is 2. The fourth-order valence-corrected chi connectivity index (χ4v) is 8.95. The van der Waals surface area contributed by atoms with Gasteiger partial charge in [0.25, 0.3) is 0 Å². The van der Waals surface area contributed by atoms with E-state index < -0.39 is 0 Å². The number of hydrogen-bond acceptors (Lipinski definition) is 1.